The highest BCUT2D eigenvalue weighted by molar-refractivity contribution is 9.09. The van der Waals surface area contributed by atoms with Crippen molar-refractivity contribution in [3.8, 4) is 0 Å². The number of morpholine rings is 1. The number of nitrogens with one attached hydrogen (secondary N) is 1. The maximum absolute atomic E-state index is 14.4. The Labute approximate surface area is 268 Å². The van der Waals surface area contributed by atoms with E-state index in [0.29, 0.717) is 65.0 Å². The molecular formula is C31H47BrN4O8. The van der Waals surface area contributed by atoms with Crippen LogP contribution in [0.15, 0.2) is 25.3 Å². The largest absolute Gasteiger partial charge is 0.460 e. The van der Waals surface area contributed by atoms with Gasteiger partial charge in [-0.2, -0.15) is 0 Å². The van der Waals surface area contributed by atoms with E-state index in [4.69, 9.17) is 14.2 Å². The molecular weight excluding hydrogens is 636 g/mol. The Morgan fingerprint density at radius 2 is 1.98 bits per heavy atom. The van der Waals surface area contributed by atoms with Gasteiger partial charge in [0.1, 0.15) is 17.7 Å². The lowest BCUT2D eigenvalue weighted by Gasteiger charge is -2.38. The number of rotatable bonds is 17. The quantitative estimate of drug-likeness (QED) is 0.0991. The van der Waals surface area contributed by atoms with Gasteiger partial charge in [0.05, 0.1) is 37.7 Å². The number of carbonyl (C=O) groups excluding carboxylic acids is 4. The molecule has 1 unspecified atom stereocenters. The molecule has 13 heteroatoms. The van der Waals surface area contributed by atoms with Crippen molar-refractivity contribution in [3.63, 3.8) is 0 Å². The summed E-state index contributed by atoms with van der Waals surface area (Å²) in [4.78, 5) is 59.6. The fourth-order valence-corrected chi connectivity index (χ4v) is 7.86. The molecule has 0 aliphatic carbocycles. The van der Waals surface area contributed by atoms with E-state index in [1.54, 1.807) is 28.9 Å². The number of hydrogen-bond acceptors (Lipinski definition) is 9. The van der Waals surface area contributed by atoms with E-state index in [9.17, 15) is 24.3 Å². The molecule has 0 radical (unpaired) electrons. The lowest BCUT2D eigenvalue weighted by atomic mass is 9.70. The fourth-order valence-electron chi connectivity index (χ4n) is 6.92. The minimum atomic E-state index is -1.20. The summed E-state index contributed by atoms with van der Waals surface area (Å²) in [7, 11) is 0. The summed E-state index contributed by atoms with van der Waals surface area (Å²) < 4.78 is 17.8. The van der Waals surface area contributed by atoms with E-state index in [0.717, 1.165) is 13.1 Å². The first-order chi connectivity index (χ1) is 21.2. The summed E-state index contributed by atoms with van der Waals surface area (Å²) in [6.45, 7) is 13.8. The van der Waals surface area contributed by atoms with E-state index < -0.39 is 41.7 Å². The highest BCUT2D eigenvalue weighted by Gasteiger charge is 2.77. The molecule has 1 spiro atoms. The normalized spacial score (nSPS) is 30.1. The van der Waals surface area contributed by atoms with Crippen LogP contribution in [0.25, 0.3) is 0 Å². The zero-order chi connectivity index (χ0) is 31.9. The monoisotopic (exact) mass is 682 g/mol. The third-order valence-electron chi connectivity index (χ3n) is 9.03. The van der Waals surface area contributed by atoms with E-state index in [-0.39, 0.29) is 42.2 Å². The van der Waals surface area contributed by atoms with Crippen LogP contribution in [0.4, 0.5) is 0 Å². The standard InChI is InChI=1S/C31H47BrN4O8/c1-4-6-9-23(38)33-20-21(3)43-30(41)24-25-28(39)36(11-7-8-16-37)27(31(25)19-22(32)26(24)44-31)29(40)35(10-5-2)13-12-34-14-17-42-18-15-34/h4-5,21-22,24-27,37H,1-2,6-20H2,3H3,(H,33,38)/t21-,22?,24-,25+,26-,27-,31+/m0/s1. The van der Waals surface area contributed by atoms with Crippen LogP contribution in [0.2, 0.25) is 0 Å². The maximum atomic E-state index is 14.4. The first-order valence-corrected chi connectivity index (χ1v) is 16.6. The number of alkyl halides is 1. The lowest BCUT2D eigenvalue weighted by molar-refractivity contribution is -0.159. The molecule has 4 aliphatic heterocycles. The van der Waals surface area contributed by atoms with Gasteiger partial charge in [-0.3, -0.25) is 24.1 Å². The maximum Gasteiger partial charge on any atom is 0.312 e. The van der Waals surface area contributed by atoms with Crippen LogP contribution < -0.4 is 5.32 Å². The summed E-state index contributed by atoms with van der Waals surface area (Å²) in [6.07, 6.45) is 4.29. The topological polar surface area (TPSA) is 138 Å². The Balaban J connectivity index is 1.55. The minimum absolute atomic E-state index is 0.0314. The number of nitrogens with zero attached hydrogens (tertiary/aromatic N) is 3. The SMILES string of the molecule is C=CCCC(=O)NC[C@H](C)OC(=O)[C@@H]1[C@H]2O[C@@]3(CC2Br)[C@H](C(=O)N(CC=C)CCN2CCOCC2)N(CCCCO)C(=O)[C@@H]13. The van der Waals surface area contributed by atoms with Crippen LogP contribution in [0, 0.1) is 11.8 Å². The van der Waals surface area contributed by atoms with Crippen LogP contribution in [0.3, 0.4) is 0 Å². The van der Waals surface area contributed by atoms with Crippen molar-refractivity contribution >= 4 is 39.6 Å². The van der Waals surface area contributed by atoms with Crippen molar-refractivity contribution in [1.29, 1.82) is 0 Å². The molecule has 2 bridgehead atoms. The van der Waals surface area contributed by atoms with Crippen molar-refractivity contribution in [3.05, 3.63) is 25.3 Å². The predicted molar refractivity (Wildman–Crippen MR) is 166 cm³/mol. The molecule has 4 saturated heterocycles. The van der Waals surface area contributed by atoms with Crippen molar-refractivity contribution in [2.24, 2.45) is 11.8 Å². The number of esters is 1. The van der Waals surface area contributed by atoms with Crippen molar-refractivity contribution in [2.45, 2.75) is 67.7 Å². The molecule has 12 nitrogen and oxygen atoms in total. The fraction of sp³-hybridized carbons (Fsp3) is 0.742. The number of hydrogen-bond donors (Lipinski definition) is 2. The number of carbonyl (C=O) groups is 4. The third kappa shape index (κ3) is 7.38. The van der Waals surface area contributed by atoms with Gasteiger partial charge >= 0.3 is 5.97 Å². The average molecular weight is 684 g/mol. The highest BCUT2D eigenvalue weighted by atomic mass is 79.9. The van der Waals surface area contributed by atoms with Crippen molar-refractivity contribution < 1.29 is 38.5 Å². The molecule has 0 aromatic heterocycles. The number of amides is 3. The Morgan fingerprint density at radius 1 is 1.23 bits per heavy atom. The van der Waals surface area contributed by atoms with Gasteiger partial charge in [-0.25, -0.2) is 0 Å². The number of fused-ring (bicyclic) bond motifs is 1. The minimum Gasteiger partial charge on any atom is -0.460 e. The molecule has 0 aromatic carbocycles. The summed E-state index contributed by atoms with van der Waals surface area (Å²) >= 11 is 3.69. The molecule has 7 atom stereocenters. The number of halogens is 1. The van der Waals surface area contributed by atoms with Gasteiger partial charge in [0.2, 0.25) is 17.7 Å². The second kappa shape index (κ2) is 15.8. The van der Waals surface area contributed by atoms with E-state index >= 15 is 0 Å². The van der Waals surface area contributed by atoms with E-state index in [1.165, 1.54) is 0 Å². The molecule has 246 valence electrons. The Morgan fingerprint density at radius 3 is 2.66 bits per heavy atom. The zero-order valence-electron chi connectivity index (χ0n) is 25.7. The number of likely N-dealkylation sites (tertiary alicyclic amines) is 1. The number of ether oxygens (including phenoxy) is 3. The predicted octanol–water partition coefficient (Wildman–Crippen LogP) is 0.868. The smallest absolute Gasteiger partial charge is 0.312 e. The molecule has 4 rings (SSSR count). The summed E-state index contributed by atoms with van der Waals surface area (Å²) in [5.74, 6) is -3.06. The van der Waals surface area contributed by atoms with E-state index in [2.05, 4.69) is 39.3 Å². The summed E-state index contributed by atoms with van der Waals surface area (Å²) in [5.41, 5.74) is -1.20. The highest BCUT2D eigenvalue weighted by Crippen LogP contribution is 2.60. The lowest BCUT2D eigenvalue weighted by Crippen LogP contribution is -2.57. The molecule has 4 heterocycles. The van der Waals surface area contributed by atoms with Crippen molar-refractivity contribution in [2.75, 3.05) is 65.6 Å². The summed E-state index contributed by atoms with van der Waals surface area (Å²) in [6, 6.07) is -0.923. The van der Waals surface area contributed by atoms with Gasteiger partial charge in [0, 0.05) is 57.1 Å². The molecule has 44 heavy (non-hydrogen) atoms. The van der Waals surface area contributed by atoms with Crippen LogP contribution in [-0.2, 0) is 33.4 Å². The third-order valence-corrected chi connectivity index (χ3v) is 9.88. The Bertz CT molecular complexity index is 1070. The molecule has 0 saturated carbocycles. The number of allylic oxidation sites excluding steroid dienone is 1. The number of aliphatic hydroxyl groups excluding tert-OH is 1. The molecule has 3 amide bonds. The van der Waals surface area contributed by atoms with Gasteiger partial charge in [-0.1, -0.05) is 28.1 Å². The van der Waals surface area contributed by atoms with Gasteiger partial charge in [-0.05, 0) is 32.6 Å². The first kappa shape index (κ1) is 34.6. The second-order valence-electron chi connectivity index (χ2n) is 12.0. The molecule has 4 fully saturated rings. The van der Waals surface area contributed by atoms with Crippen LogP contribution in [-0.4, -0.2) is 138 Å². The number of unbranched alkanes of at least 4 members (excludes halogenated alkanes) is 1. The Hall–Kier alpha value is -2.32. The van der Waals surface area contributed by atoms with Gasteiger partial charge in [0.25, 0.3) is 0 Å². The Kier molecular flexibility index (Phi) is 12.4. The first-order valence-electron chi connectivity index (χ1n) is 15.7. The number of aliphatic hydroxyl groups is 1. The van der Waals surface area contributed by atoms with Gasteiger partial charge in [-0.15, -0.1) is 13.2 Å². The molecule has 2 N–H and O–H groups in total. The van der Waals surface area contributed by atoms with Crippen molar-refractivity contribution in [1.82, 2.24) is 20.0 Å². The average Bonchev–Trinajstić information content (AvgIpc) is 3.60. The second-order valence-corrected chi connectivity index (χ2v) is 13.2. The molecule has 0 aromatic rings. The van der Waals surface area contributed by atoms with Crippen LogP contribution in [0.1, 0.15) is 39.0 Å². The van der Waals surface area contributed by atoms with E-state index in [1.807, 2.05) is 0 Å². The van der Waals surface area contributed by atoms with Crippen LogP contribution >= 0.6 is 15.9 Å². The van der Waals surface area contributed by atoms with Gasteiger partial charge < -0.3 is 34.4 Å². The zero-order valence-corrected chi connectivity index (χ0v) is 27.3. The summed E-state index contributed by atoms with van der Waals surface area (Å²) in [5, 5.41) is 12.2. The molecule has 4 aliphatic rings. The van der Waals surface area contributed by atoms with Crippen LogP contribution in [0.5, 0.6) is 0 Å². The van der Waals surface area contributed by atoms with Gasteiger partial charge in [0.15, 0.2) is 0 Å².